The molecule has 1 unspecified atom stereocenters. The van der Waals surface area contributed by atoms with Gasteiger partial charge in [-0.25, -0.2) is 0 Å². The number of carbonyl (C=O) groups excluding carboxylic acids is 1. The fourth-order valence-corrected chi connectivity index (χ4v) is 2.55. The van der Waals surface area contributed by atoms with E-state index in [2.05, 4.69) is 4.74 Å². The van der Waals surface area contributed by atoms with Crippen LogP contribution >= 0.6 is 0 Å². The van der Waals surface area contributed by atoms with Crippen molar-refractivity contribution in [2.75, 3.05) is 7.11 Å². The van der Waals surface area contributed by atoms with Gasteiger partial charge in [0, 0.05) is 11.8 Å². The molecule has 2 rings (SSSR count). The van der Waals surface area contributed by atoms with Crippen LogP contribution in [0.1, 0.15) is 0 Å². The molecule has 0 radical (unpaired) electrons. The summed E-state index contributed by atoms with van der Waals surface area (Å²) in [6.45, 7) is 0. The lowest BCUT2D eigenvalue weighted by Gasteiger charge is -2.31. The summed E-state index contributed by atoms with van der Waals surface area (Å²) in [4.78, 5) is 11.2. The molecule has 4 N–H and O–H groups in total. The molecule has 0 aromatic rings. The first-order valence-electron chi connectivity index (χ1n) is 4.80. The SMILES string of the molecule is COC(=O)C1[C@@H]2[C@H](O)[C@@H](O)[C@@H](O)[C@H](O)[C@H]12. The maximum absolute atomic E-state index is 11.2. The normalized spacial score (nSPS) is 53.3. The lowest BCUT2D eigenvalue weighted by molar-refractivity contribution is -0.143. The molecule has 0 saturated heterocycles. The molecule has 86 valence electrons. The van der Waals surface area contributed by atoms with Crippen molar-refractivity contribution in [2.45, 2.75) is 24.4 Å². The summed E-state index contributed by atoms with van der Waals surface area (Å²) in [6.07, 6.45) is -5.18. The summed E-state index contributed by atoms with van der Waals surface area (Å²) in [5, 5.41) is 37.9. The highest BCUT2D eigenvalue weighted by atomic mass is 16.5. The lowest BCUT2D eigenvalue weighted by atomic mass is 9.90. The zero-order chi connectivity index (χ0) is 11.3. The fourth-order valence-electron chi connectivity index (χ4n) is 2.55. The summed E-state index contributed by atoms with van der Waals surface area (Å²) >= 11 is 0. The van der Waals surface area contributed by atoms with E-state index < -0.39 is 48.1 Å². The Kier molecular flexibility index (Phi) is 2.46. The van der Waals surface area contributed by atoms with Gasteiger partial charge in [0.25, 0.3) is 0 Å². The smallest absolute Gasteiger partial charge is 0.309 e. The van der Waals surface area contributed by atoms with Crippen molar-refractivity contribution in [1.29, 1.82) is 0 Å². The van der Waals surface area contributed by atoms with Crippen molar-refractivity contribution >= 4 is 5.97 Å². The maximum atomic E-state index is 11.2. The molecule has 6 heteroatoms. The van der Waals surface area contributed by atoms with Crippen LogP contribution in [0.25, 0.3) is 0 Å². The Morgan fingerprint density at radius 1 is 0.933 bits per heavy atom. The van der Waals surface area contributed by atoms with Crippen LogP contribution in [0.3, 0.4) is 0 Å². The van der Waals surface area contributed by atoms with E-state index in [1.165, 1.54) is 7.11 Å². The predicted molar refractivity (Wildman–Crippen MR) is 46.5 cm³/mol. The molecule has 0 aliphatic heterocycles. The number of esters is 1. The van der Waals surface area contributed by atoms with E-state index in [-0.39, 0.29) is 0 Å². The molecule has 0 bridgehead atoms. The molecular formula is C9H14O6. The lowest BCUT2D eigenvalue weighted by Crippen LogP contribution is -2.50. The van der Waals surface area contributed by atoms with Crippen molar-refractivity contribution < 1.29 is 30.0 Å². The minimum Gasteiger partial charge on any atom is -0.469 e. The Hall–Kier alpha value is -0.690. The number of ether oxygens (including phenoxy) is 1. The molecule has 2 aliphatic rings. The van der Waals surface area contributed by atoms with Crippen LogP contribution in [-0.2, 0) is 9.53 Å². The Labute approximate surface area is 86.1 Å². The molecule has 0 heterocycles. The number of rotatable bonds is 1. The molecule has 0 aromatic carbocycles. The Morgan fingerprint density at radius 2 is 1.33 bits per heavy atom. The summed E-state index contributed by atoms with van der Waals surface area (Å²) < 4.78 is 4.51. The van der Waals surface area contributed by atoms with Gasteiger partial charge in [0.05, 0.1) is 25.2 Å². The van der Waals surface area contributed by atoms with Crippen LogP contribution < -0.4 is 0 Å². The van der Waals surface area contributed by atoms with Gasteiger partial charge in [0.1, 0.15) is 12.2 Å². The van der Waals surface area contributed by atoms with Crippen LogP contribution in [0.5, 0.6) is 0 Å². The monoisotopic (exact) mass is 218 g/mol. The van der Waals surface area contributed by atoms with E-state index in [4.69, 9.17) is 0 Å². The molecule has 0 amide bonds. The second-order valence-corrected chi connectivity index (χ2v) is 4.17. The van der Waals surface area contributed by atoms with E-state index in [0.717, 1.165) is 0 Å². The van der Waals surface area contributed by atoms with Crippen LogP contribution in [0.15, 0.2) is 0 Å². The molecular weight excluding hydrogens is 204 g/mol. The zero-order valence-corrected chi connectivity index (χ0v) is 8.15. The zero-order valence-electron chi connectivity index (χ0n) is 8.15. The van der Waals surface area contributed by atoms with E-state index in [1.54, 1.807) is 0 Å². The first-order valence-corrected chi connectivity index (χ1v) is 4.80. The number of methoxy groups -OCH3 is 1. The van der Waals surface area contributed by atoms with E-state index in [9.17, 15) is 25.2 Å². The van der Waals surface area contributed by atoms with Gasteiger partial charge in [0.2, 0.25) is 0 Å². The van der Waals surface area contributed by atoms with Gasteiger partial charge >= 0.3 is 5.97 Å². The first kappa shape index (κ1) is 10.8. The Bertz CT molecular complexity index is 260. The number of carbonyl (C=O) groups is 1. The minimum atomic E-state index is -1.41. The molecule has 7 atom stereocenters. The molecule has 0 spiro atoms. The fraction of sp³-hybridized carbons (Fsp3) is 0.889. The maximum Gasteiger partial charge on any atom is 0.309 e. The standard InChI is InChI=1S/C9H14O6/c1-15-9(14)4-2-3(4)6(11)8(13)7(12)5(2)10/h2-8,10-13H,1H3/t2-,3+,4?,5+,6-,7-,8+. The largest absolute Gasteiger partial charge is 0.469 e. The van der Waals surface area contributed by atoms with Crippen molar-refractivity contribution in [3.05, 3.63) is 0 Å². The van der Waals surface area contributed by atoms with Crippen LogP contribution in [-0.4, -0.2) is 57.9 Å². The van der Waals surface area contributed by atoms with Crippen molar-refractivity contribution in [1.82, 2.24) is 0 Å². The minimum absolute atomic E-state index is 0.508. The van der Waals surface area contributed by atoms with Crippen molar-refractivity contribution in [2.24, 2.45) is 17.8 Å². The highest BCUT2D eigenvalue weighted by molar-refractivity contribution is 5.77. The van der Waals surface area contributed by atoms with Crippen LogP contribution in [0.2, 0.25) is 0 Å². The third-order valence-corrected chi connectivity index (χ3v) is 3.44. The second-order valence-electron chi connectivity index (χ2n) is 4.17. The molecule has 2 saturated carbocycles. The number of hydrogen-bond acceptors (Lipinski definition) is 6. The van der Waals surface area contributed by atoms with Gasteiger partial charge in [-0.2, -0.15) is 0 Å². The number of fused-ring (bicyclic) bond motifs is 1. The third-order valence-electron chi connectivity index (χ3n) is 3.44. The summed E-state index contributed by atoms with van der Waals surface area (Å²) in [7, 11) is 1.22. The average molecular weight is 218 g/mol. The third kappa shape index (κ3) is 1.37. The van der Waals surface area contributed by atoms with Gasteiger partial charge in [-0.3, -0.25) is 4.79 Å². The highest BCUT2D eigenvalue weighted by Gasteiger charge is 2.68. The van der Waals surface area contributed by atoms with Crippen molar-refractivity contribution in [3.8, 4) is 0 Å². The average Bonchev–Trinajstić information content (AvgIpc) is 2.97. The number of hydrogen-bond donors (Lipinski definition) is 4. The van der Waals surface area contributed by atoms with Crippen LogP contribution in [0.4, 0.5) is 0 Å². The first-order chi connectivity index (χ1) is 7.00. The van der Waals surface area contributed by atoms with Gasteiger partial charge in [-0.1, -0.05) is 0 Å². The second kappa shape index (κ2) is 3.41. The van der Waals surface area contributed by atoms with Gasteiger partial charge in [0.15, 0.2) is 0 Å². The molecule has 2 fully saturated rings. The Balaban J connectivity index is 2.16. The molecule has 2 aliphatic carbocycles. The number of aliphatic hydroxyl groups excluding tert-OH is 4. The summed E-state index contributed by atoms with van der Waals surface area (Å²) in [6, 6.07) is 0. The quantitative estimate of drug-likeness (QED) is 0.362. The number of aliphatic hydroxyl groups is 4. The highest BCUT2D eigenvalue weighted by Crippen LogP contribution is 2.55. The molecule has 0 aromatic heterocycles. The summed E-state index contributed by atoms with van der Waals surface area (Å²) in [5.41, 5.74) is 0. The predicted octanol–water partition coefficient (Wildman–Crippen LogP) is -2.52. The van der Waals surface area contributed by atoms with E-state index in [1.807, 2.05) is 0 Å². The molecule has 6 nitrogen and oxygen atoms in total. The van der Waals surface area contributed by atoms with E-state index >= 15 is 0 Å². The Morgan fingerprint density at radius 3 is 1.67 bits per heavy atom. The topological polar surface area (TPSA) is 107 Å². The van der Waals surface area contributed by atoms with Gasteiger partial charge < -0.3 is 25.2 Å². The van der Waals surface area contributed by atoms with E-state index in [0.29, 0.717) is 0 Å². The van der Waals surface area contributed by atoms with Crippen LogP contribution in [0, 0.1) is 17.8 Å². The van der Waals surface area contributed by atoms with Gasteiger partial charge in [-0.15, -0.1) is 0 Å². The van der Waals surface area contributed by atoms with Crippen molar-refractivity contribution in [3.63, 3.8) is 0 Å². The summed E-state index contributed by atoms with van der Waals surface area (Å²) in [5.74, 6) is -2.16. The van der Waals surface area contributed by atoms with Gasteiger partial charge in [-0.05, 0) is 0 Å². The molecule has 15 heavy (non-hydrogen) atoms.